The number of urea groups is 1. The average molecular weight is 296 g/mol. The number of ether oxygens (including phenoxy) is 2. The molecule has 0 aliphatic rings. The Balaban J connectivity index is 2.43. The summed E-state index contributed by atoms with van der Waals surface area (Å²) in [5, 5.41) is 5.11. The summed E-state index contributed by atoms with van der Waals surface area (Å²) < 4.78 is 10.3. The number of rotatable bonds is 8. The number of hydrogen-bond donors (Lipinski definition) is 3. The molecular weight excluding hydrogens is 276 g/mol. The van der Waals surface area contributed by atoms with E-state index in [0.717, 1.165) is 12.2 Å². The first-order valence-corrected chi connectivity index (χ1v) is 6.44. The van der Waals surface area contributed by atoms with Gasteiger partial charge < -0.3 is 20.5 Å². The van der Waals surface area contributed by atoms with Crippen LogP contribution in [0.5, 0.6) is 5.75 Å². The summed E-state index contributed by atoms with van der Waals surface area (Å²) >= 11 is 0. The van der Waals surface area contributed by atoms with Crippen LogP contribution in [0.25, 0.3) is 0 Å². The molecule has 1 heterocycles. The van der Waals surface area contributed by atoms with Crippen LogP contribution in [0.3, 0.4) is 0 Å². The van der Waals surface area contributed by atoms with Crippen LogP contribution in [0.2, 0.25) is 0 Å². The number of pyridine rings is 1. The van der Waals surface area contributed by atoms with Crippen molar-refractivity contribution in [3.05, 3.63) is 24.0 Å². The maximum atomic E-state index is 11.4. The molecule has 8 nitrogen and oxygen atoms in total. The van der Waals surface area contributed by atoms with E-state index in [1.54, 1.807) is 19.2 Å². The van der Waals surface area contributed by atoms with Crippen molar-refractivity contribution in [2.24, 2.45) is 5.73 Å². The Morgan fingerprint density at radius 3 is 2.76 bits per heavy atom. The predicted molar refractivity (Wildman–Crippen MR) is 75.6 cm³/mol. The lowest BCUT2D eigenvalue weighted by Gasteiger charge is -2.13. The second-order valence-electron chi connectivity index (χ2n) is 4.27. The Morgan fingerprint density at radius 2 is 2.19 bits per heavy atom. The van der Waals surface area contributed by atoms with Crippen molar-refractivity contribution in [3.8, 4) is 5.75 Å². The Kier molecular flexibility index (Phi) is 7.13. The summed E-state index contributed by atoms with van der Waals surface area (Å²) in [6.07, 6.45) is 0.673. The molecular formula is C13H20N4O4. The summed E-state index contributed by atoms with van der Waals surface area (Å²) in [6, 6.07) is 2.58. The van der Waals surface area contributed by atoms with E-state index in [2.05, 4.69) is 10.3 Å². The second-order valence-corrected chi connectivity index (χ2v) is 4.27. The maximum Gasteiger partial charge on any atom is 0.318 e. The minimum absolute atomic E-state index is 0.433. The number of hydrogen-bond acceptors (Lipinski definition) is 6. The van der Waals surface area contributed by atoms with Gasteiger partial charge in [-0.25, -0.2) is 4.79 Å². The highest BCUT2D eigenvalue weighted by Crippen LogP contribution is 2.11. The van der Waals surface area contributed by atoms with Crippen molar-refractivity contribution >= 4 is 11.9 Å². The number of aromatic nitrogens is 1. The first kappa shape index (κ1) is 16.9. The van der Waals surface area contributed by atoms with Crippen molar-refractivity contribution < 1.29 is 19.1 Å². The fourth-order valence-electron chi connectivity index (χ4n) is 1.46. The highest BCUT2D eigenvalue weighted by atomic mass is 16.5. The number of primary amides is 1. The van der Waals surface area contributed by atoms with Gasteiger partial charge in [-0.2, -0.15) is 0 Å². The SMILES string of the molecule is COCCNCc1ccc(OC(C)C(=O)NC(N)=O)cn1. The molecule has 0 bridgehead atoms. The summed E-state index contributed by atoms with van der Waals surface area (Å²) in [4.78, 5) is 26.2. The van der Waals surface area contributed by atoms with Gasteiger partial charge in [0.1, 0.15) is 5.75 Å². The number of carbonyl (C=O) groups is 2. The number of carbonyl (C=O) groups excluding carboxylic acids is 2. The number of methoxy groups -OCH3 is 1. The summed E-state index contributed by atoms with van der Waals surface area (Å²) in [5.74, 6) is -0.171. The molecule has 1 unspecified atom stereocenters. The standard InChI is InChI=1S/C13H20N4O4/c1-9(12(18)17-13(14)19)21-11-4-3-10(16-8-11)7-15-5-6-20-2/h3-4,8-9,15H,5-7H2,1-2H3,(H3,14,17,18,19). The van der Waals surface area contributed by atoms with Crippen LogP contribution in [0.15, 0.2) is 18.3 Å². The molecule has 0 saturated carbocycles. The summed E-state index contributed by atoms with van der Waals surface area (Å²) in [6.45, 7) is 3.49. The third-order valence-electron chi connectivity index (χ3n) is 2.52. The van der Waals surface area contributed by atoms with Crippen molar-refractivity contribution in [2.45, 2.75) is 19.6 Å². The monoisotopic (exact) mass is 296 g/mol. The topological polar surface area (TPSA) is 116 Å². The Hall–Kier alpha value is -2.19. The van der Waals surface area contributed by atoms with Crippen LogP contribution in [0.4, 0.5) is 4.79 Å². The van der Waals surface area contributed by atoms with E-state index in [4.69, 9.17) is 15.2 Å². The molecule has 3 amide bonds. The van der Waals surface area contributed by atoms with Crippen LogP contribution in [0, 0.1) is 0 Å². The van der Waals surface area contributed by atoms with E-state index in [-0.39, 0.29) is 0 Å². The first-order chi connectivity index (χ1) is 10.0. The molecule has 0 aromatic carbocycles. The van der Waals surface area contributed by atoms with Gasteiger partial charge in [0.2, 0.25) is 0 Å². The lowest BCUT2D eigenvalue weighted by atomic mass is 10.3. The van der Waals surface area contributed by atoms with Crippen LogP contribution < -0.4 is 21.1 Å². The number of nitrogens with two attached hydrogens (primary N) is 1. The number of amides is 3. The van der Waals surface area contributed by atoms with Gasteiger partial charge >= 0.3 is 6.03 Å². The minimum atomic E-state index is -0.911. The molecule has 0 aliphatic carbocycles. The van der Waals surface area contributed by atoms with Gasteiger partial charge in [-0.3, -0.25) is 15.1 Å². The molecule has 1 atom stereocenters. The molecule has 0 spiro atoms. The Labute approximate surface area is 123 Å². The molecule has 1 aromatic heterocycles. The zero-order valence-electron chi connectivity index (χ0n) is 12.1. The van der Waals surface area contributed by atoms with Gasteiger partial charge in [0.25, 0.3) is 5.91 Å². The lowest BCUT2D eigenvalue weighted by Crippen LogP contribution is -2.42. The van der Waals surface area contributed by atoms with Gasteiger partial charge in [0.15, 0.2) is 6.10 Å². The fraction of sp³-hybridized carbons (Fsp3) is 0.462. The molecule has 0 saturated heterocycles. The largest absolute Gasteiger partial charge is 0.479 e. The highest BCUT2D eigenvalue weighted by molar-refractivity contribution is 5.95. The van der Waals surface area contributed by atoms with E-state index in [0.29, 0.717) is 18.9 Å². The predicted octanol–water partition coefficient (Wildman–Crippen LogP) is -0.220. The Bertz CT molecular complexity index is 464. The zero-order valence-corrected chi connectivity index (χ0v) is 12.1. The van der Waals surface area contributed by atoms with E-state index < -0.39 is 18.0 Å². The van der Waals surface area contributed by atoms with Crippen molar-refractivity contribution in [3.63, 3.8) is 0 Å². The number of nitrogens with one attached hydrogen (secondary N) is 2. The molecule has 8 heteroatoms. The van der Waals surface area contributed by atoms with E-state index >= 15 is 0 Å². The lowest BCUT2D eigenvalue weighted by molar-refractivity contribution is -0.126. The first-order valence-electron chi connectivity index (χ1n) is 6.44. The minimum Gasteiger partial charge on any atom is -0.479 e. The van der Waals surface area contributed by atoms with Crippen LogP contribution in [0.1, 0.15) is 12.6 Å². The van der Waals surface area contributed by atoms with Crippen LogP contribution in [-0.4, -0.2) is 43.3 Å². The molecule has 116 valence electrons. The third-order valence-corrected chi connectivity index (χ3v) is 2.52. The quantitative estimate of drug-likeness (QED) is 0.571. The second kappa shape index (κ2) is 8.88. The van der Waals surface area contributed by atoms with E-state index in [1.165, 1.54) is 13.1 Å². The Morgan fingerprint density at radius 1 is 1.43 bits per heavy atom. The van der Waals surface area contributed by atoms with Crippen molar-refractivity contribution in [1.29, 1.82) is 0 Å². The van der Waals surface area contributed by atoms with Crippen LogP contribution in [-0.2, 0) is 16.1 Å². The zero-order chi connectivity index (χ0) is 15.7. The number of imide groups is 1. The van der Waals surface area contributed by atoms with E-state index in [9.17, 15) is 9.59 Å². The molecule has 1 aromatic rings. The molecule has 4 N–H and O–H groups in total. The van der Waals surface area contributed by atoms with Crippen LogP contribution >= 0.6 is 0 Å². The molecule has 1 rings (SSSR count). The maximum absolute atomic E-state index is 11.4. The van der Waals surface area contributed by atoms with E-state index in [1.807, 2.05) is 5.32 Å². The van der Waals surface area contributed by atoms with Crippen molar-refractivity contribution in [1.82, 2.24) is 15.6 Å². The molecule has 21 heavy (non-hydrogen) atoms. The van der Waals surface area contributed by atoms with Crippen molar-refractivity contribution in [2.75, 3.05) is 20.3 Å². The average Bonchev–Trinajstić information content (AvgIpc) is 2.44. The fourth-order valence-corrected chi connectivity index (χ4v) is 1.46. The normalized spacial score (nSPS) is 11.7. The highest BCUT2D eigenvalue weighted by Gasteiger charge is 2.16. The summed E-state index contributed by atoms with van der Waals surface area (Å²) in [7, 11) is 1.64. The molecule has 0 fully saturated rings. The third kappa shape index (κ3) is 6.68. The molecule has 0 radical (unpaired) electrons. The van der Waals surface area contributed by atoms with Gasteiger partial charge in [-0.05, 0) is 19.1 Å². The number of nitrogens with zero attached hydrogens (tertiary/aromatic N) is 1. The summed E-state index contributed by atoms with van der Waals surface area (Å²) in [5.41, 5.74) is 5.70. The van der Waals surface area contributed by atoms with Gasteiger partial charge in [0, 0.05) is 20.2 Å². The van der Waals surface area contributed by atoms with Gasteiger partial charge in [0.05, 0.1) is 18.5 Å². The van der Waals surface area contributed by atoms with Gasteiger partial charge in [-0.15, -0.1) is 0 Å². The van der Waals surface area contributed by atoms with Gasteiger partial charge in [-0.1, -0.05) is 0 Å². The smallest absolute Gasteiger partial charge is 0.318 e. The molecule has 0 aliphatic heterocycles.